The fraction of sp³-hybridized carbons (Fsp3) is 0.353. The Bertz CT molecular complexity index is 740. The number of hydrogen-bond donors (Lipinski definition) is 0. The minimum Gasteiger partial charge on any atom is -0.308 e. The van der Waals surface area contributed by atoms with Crippen molar-refractivity contribution in [1.82, 2.24) is 4.90 Å². The molecule has 0 bridgehead atoms. The molecular weight excluding hydrogens is 328 g/mol. The Kier molecular flexibility index (Phi) is 4.29. The first-order chi connectivity index (χ1) is 10.9. The predicted octanol–water partition coefficient (Wildman–Crippen LogP) is 3.28. The van der Waals surface area contributed by atoms with Gasteiger partial charge in [0.25, 0.3) is 11.8 Å². The van der Waals surface area contributed by atoms with E-state index in [9.17, 15) is 9.59 Å². The molecule has 120 valence electrons. The number of fused-ring (bicyclic) bond motifs is 1. The lowest BCUT2D eigenvalue weighted by molar-refractivity contribution is -0.121. The maximum absolute atomic E-state index is 13.0. The smallest absolute Gasteiger partial charge is 0.266 e. The predicted molar refractivity (Wildman–Crippen MR) is 98.1 cm³/mol. The molecule has 1 aromatic carbocycles. The van der Waals surface area contributed by atoms with Gasteiger partial charge in [0, 0.05) is 19.2 Å². The lowest BCUT2D eigenvalue weighted by atomic mass is 10.1. The molecule has 6 heteroatoms. The van der Waals surface area contributed by atoms with E-state index in [0.717, 1.165) is 17.7 Å². The van der Waals surface area contributed by atoms with Gasteiger partial charge in [0.2, 0.25) is 0 Å². The molecule has 1 aromatic rings. The fourth-order valence-electron chi connectivity index (χ4n) is 2.70. The molecule has 0 N–H and O–H groups in total. The van der Waals surface area contributed by atoms with E-state index < -0.39 is 0 Å². The van der Waals surface area contributed by atoms with Crippen LogP contribution in [0, 0.1) is 5.92 Å². The minimum absolute atomic E-state index is 0.0965. The summed E-state index contributed by atoms with van der Waals surface area (Å²) < 4.78 is 0.489. The fourth-order valence-corrected chi connectivity index (χ4v) is 3.95. The number of para-hydroxylation sites is 1. The SMILES string of the molecule is CC(C)CCN1C(=O)C(=C2SC(=S)N(C)C2=O)c2ccccc21. The number of carbonyl (C=O) groups excluding carboxylic acids is 2. The zero-order chi connectivity index (χ0) is 16.7. The highest BCUT2D eigenvalue weighted by atomic mass is 32.2. The Balaban J connectivity index is 2.08. The number of carbonyl (C=O) groups is 2. The monoisotopic (exact) mass is 346 g/mol. The molecule has 0 saturated carbocycles. The largest absolute Gasteiger partial charge is 0.308 e. The van der Waals surface area contributed by atoms with Crippen molar-refractivity contribution in [2.45, 2.75) is 20.3 Å². The van der Waals surface area contributed by atoms with E-state index in [0.29, 0.717) is 27.3 Å². The van der Waals surface area contributed by atoms with Crippen LogP contribution in [0.4, 0.5) is 5.69 Å². The van der Waals surface area contributed by atoms with Crippen LogP contribution >= 0.6 is 24.0 Å². The van der Waals surface area contributed by atoms with Gasteiger partial charge in [-0.15, -0.1) is 0 Å². The van der Waals surface area contributed by atoms with Gasteiger partial charge in [-0.05, 0) is 18.4 Å². The van der Waals surface area contributed by atoms with Crippen LogP contribution in [-0.4, -0.2) is 34.6 Å². The van der Waals surface area contributed by atoms with Crippen molar-refractivity contribution < 1.29 is 9.59 Å². The number of amides is 2. The average molecular weight is 346 g/mol. The molecule has 0 atom stereocenters. The van der Waals surface area contributed by atoms with E-state index in [-0.39, 0.29) is 11.8 Å². The first-order valence-electron chi connectivity index (χ1n) is 7.57. The summed E-state index contributed by atoms with van der Waals surface area (Å²) in [5.41, 5.74) is 2.20. The van der Waals surface area contributed by atoms with Crippen LogP contribution in [0.3, 0.4) is 0 Å². The lowest BCUT2D eigenvalue weighted by Crippen LogP contribution is -2.29. The number of rotatable bonds is 3. The van der Waals surface area contributed by atoms with Crippen molar-refractivity contribution in [3.8, 4) is 0 Å². The van der Waals surface area contributed by atoms with Crippen molar-refractivity contribution in [1.29, 1.82) is 0 Å². The topological polar surface area (TPSA) is 40.6 Å². The van der Waals surface area contributed by atoms with E-state index in [1.807, 2.05) is 24.3 Å². The second-order valence-electron chi connectivity index (χ2n) is 6.09. The highest BCUT2D eigenvalue weighted by Gasteiger charge is 2.40. The molecule has 2 heterocycles. The van der Waals surface area contributed by atoms with Gasteiger partial charge in [-0.3, -0.25) is 14.5 Å². The summed E-state index contributed by atoms with van der Waals surface area (Å²) in [6.07, 6.45) is 0.919. The van der Waals surface area contributed by atoms with E-state index in [2.05, 4.69) is 13.8 Å². The number of anilines is 1. The Morgan fingerprint density at radius 3 is 2.48 bits per heavy atom. The van der Waals surface area contributed by atoms with Gasteiger partial charge in [-0.1, -0.05) is 56.0 Å². The third kappa shape index (κ3) is 2.70. The lowest BCUT2D eigenvalue weighted by Gasteiger charge is -2.18. The summed E-state index contributed by atoms with van der Waals surface area (Å²) in [5, 5.41) is 0. The maximum Gasteiger partial charge on any atom is 0.266 e. The maximum atomic E-state index is 13.0. The van der Waals surface area contributed by atoms with Crippen molar-refractivity contribution in [3.63, 3.8) is 0 Å². The minimum atomic E-state index is -0.191. The summed E-state index contributed by atoms with van der Waals surface area (Å²) >= 11 is 6.41. The molecule has 1 fully saturated rings. The third-order valence-corrected chi connectivity index (χ3v) is 5.60. The van der Waals surface area contributed by atoms with Crippen LogP contribution in [0.25, 0.3) is 5.57 Å². The zero-order valence-corrected chi connectivity index (χ0v) is 15.0. The van der Waals surface area contributed by atoms with Gasteiger partial charge in [0.15, 0.2) is 0 Å². The number of hydrogen-bond acceptors (Lipinski definition) is 4. The summed E-state index contributed by atoms with van der Waals surface area (Å²) in [6, 6.07) is 7.65. The molecule has 2 aliphatic heterocycles. The van der Waals surface area contributed by atoms with E-state index in [4.69, 9.17) is 12.2 Å². The molecule has 2 amide bonds. The molecule has 0 unspecified atom stereocenters. The van der Waals surface area contributed by atoms with Crippen LogP contribution in [0.2, 0.25) is 0 Å². The Hall–Kier alpha value is -1.66. The molecule has 1 saturated heterocycles. The molecule has 4 nitrogen and oxygen atoms in total. The highest BCUT2D eigenvalue weighted by Crippen LogP contribution is 2.44. The molecule has 23 heavy (non-hydrogen) atoms. The standard InChI is InChI=1S/C17H18N2O2S2/c1-10(2)8-9-19-12-7-5-4-6-11(12)13(15(19)20)14-16(21)18(3)17(22)23-14/h4-7,10H,8-9H2,1-3H3. The zero-order valence-electron chi connectivity index (χ0n) is 13.3. The Morgan fingerprint density at radius 2 is 1.87 bits per heavy atom. The molecule has 0 aliphatic carbocycles. The first-order valence-corrected chi connectivity index (χ1v) is 8.79. The number of thioether (sulfide) groups is 1. The van der Waals surface area contributed by atoms with Crippen molar-refractivity contribution in [3.05, 3.63) is 34.7 Å². The van der Waals surface area contributed by atoms with Crippen molar-refractivity contribution >= 4 is 51.4 Å². The second kappa shape index (κ2) is 6.09. The highest BCUT2D eigenvalue weighted by molar-refractivity contribution is 8.26. The Morgan fingerprint density at radius 1 is 1.17 bits per heavy atom. The van der Waals surface area contributed by atoms with Crippen LogP contribution in [0.15, 0.2) is 29.2 Å². The molecule has 2 aliphatic rings. The van der Waals surface area contributed by atoms with Gasteiger partial charge in [-0.25, -0.2) is 0 Å². The third-order valence-electron chi connectivity index (χ3n) is 4.04. The average Bonchev–Trinajstić information content (AvgIpc) is 2.93. The van der Waals surface area contributed by atoms with Gasteiger partial charge in [0.1, 0.15) is 4.32 Å². The van der Waals surface area contributed by atoms with E-state index in [1.54, 1.807) is 11.9 Å². The van der Waals surface area contributed by atoms with Crippen molar-refractivity contribution in [2.75, 3.05) is 18.5 Å². The first kappa shape index (κ1) is 16.2. The summed E-state index contributed by atoms with van der Waals surface area (Å²) in [5.74, 6) is 0.220. The van der Waals surface area contributed by atoms with Crippen molar-refractivity contribution in [2.24, 2.45) is 5.92 Å². The van der Waals surface area contributed by atoms with Gasteiger partial charge < -0.3 is 4.90 Å². The number of likely N-dealkylation sites (N-methyl/N-ethyl adjacent to an activating group) is 1. The Labute approximate surface area is 145 Å². The number of nitrogens with zero attached hydrogens (tertiary/aromatic N) is 2. The van der Waals surface area contributed by atoms with Gasteiger partial charge >= 0.3 is 0 Å². The quantitative estimate of drug-likeness (QED) is 0.622. The number of benzene rings is 1. The van der Waals surface area contributed by atoms with Crippen LogP contribution < -0.4 is 4.90 Å². The second-order valence-corrected chi connectivity index (χ2v) is 7.74. The summed E-state index contributed by atoms with van der Waals surface area (Å²) in [4.78, 5) is 29.0. The summed E-state index contributed by atoms with van der Waals surface area (Å²) in [7, 11) is 1.65. The van der Waals surface area contributed by atoms with Crippen LogP contribution in [0.5, 0.6) is 0 Å². The number of thiocarbonyl (C=S) groups is 1. The normalized spacial score (nSPS) is 21.0. The molecule has 0 spiro atoms. The van der Waals surface area contributed by atoms with Gasteiger partial charge in [0.05, 0.1) is 16.2 Å². The summed E-state index contributed by atoms with van der Waals surface area (Å²) in [6.45, 7) is 4.93. The van der Waals surface area contributed by atoms with Gasteiger partial charge in [-0.2, -0.15) is 0 Å². The molecule has 0 aromatic heterocycles. The van der Waals surface area contributed by atoms with E-state index in [1.165, 1.54) is 16.7 Å². The molecule has 0 radical (unpaired) electrons. The molecular formula is C17H18N2O2S2. The van der Waals surface area contributed by atoms with E-state index >= 15 is 0 Å². The molecule has 3 rings (SSSR count). The van der Waals surface area contributed by atoms with Crippen LogP contribution in [0.1, 0.15) is 25.8 Å². The van der Waals surface area contributed by atoms with Crippen LogP contribution in [-0.2, 0) is 9.59 Å².